The Morgan fingerprint density at radius 3 is 2.06 bits per heavy atom. The average molecular weight is 479 g/mol. The normalized spacial score (nSPS) is 18.7. The fraction of sp³-hybridized carbons (Fsp3) is 0.129. The molecular weight excluding hydrogens is 452 g/mol. The molecule has 0 bridgehead atoms. The Labute approximate surface area is 211 Å². The lowest BCUT2D eigenvalue weighted by Gasteiger charge is -2.13. The molecule has 5 aromatic rings. The van der Waals surface area contributed by atoms with E-state index in [0.717, 1.165) is 29.3 Å². The van der Waals surface area contributed by atoms with Crippen LogP contribution in [-0.4, -0.2) is 11.4 Å². The molecule has 1 saturated carbocycles. The van der Waals surface area contributed by atoms with Gasteiger partial charge in [0.2, 0.25) is 0 Å². The van der Waals surface area contributed by atoms with Gasteiger partial charge in [-0.05, 0) is 69.8 Å². The van der Waals surface area contributed by atoms with Crippen LogP contribution >= 0.6 is 12.4 Å². The quantitative estimate of drug-likeness (QED) is 0.283. The van der Waals surface area contributed by atoms with Gasteiger partial charge >= 0.3 is 0 Å². The topological polar surface area (TPSA) is 55.1 Å². The summed E-state index contributed by atoms with van der Waals surface area (Å²) in [7, 11) is 0. The molecule has 0 saturated heterocycles. The lowest BCUT2D eigenvalue weighted by molar-refractivity contribution is 0.102. The molecule has 4 heteroatoms. The molecule has 174 valence electrons. The maximum atomic E-state index is 12.8. The van der Waals surface area contributed by atoms with Crippen LogP contribution in [0.25, 0.3) is 21.5 Å². The number of amides is 1. The summed E-state index contributed by atoms with van der Waals surface area (Å²) in [5.74, 6) is 0.235. The Morgan fingerprint density at radius 1 is 0.771 bits per heavy atom. The van der Waals surface area contributed by atoms with Crippen LogP contribution in [0.5, 0.6) is 0 Å². The average Bonchev–Trinajstić information content (AvgIpc) is 3.54. The van der Waals surface area contributed by atoms with E-state index in [1.165, 1.54) is 21.9 Å². The molecule has 0 spiro atoms. The van der Waals surface area contributed by atoms with Crippen molar-refractivity contribution in [1.29, 1.82) is 0 Å². The van der Waals surface area contributed by atoms with Gasteiger partial charge in [0.05, 0.1) is 0 Å². The maximum Gasteiger partial charge on any atom is 0.255 e. The van der Waals surface area contributed by atoms with Crippen molar-refractivity contribution in [2.75, 3.05) is 5.32 Å². The molecule has 1 fully saturated rings. The van der Waals surface area contributed by atoms with Gasteiger partial charge in [-0.2, -0.15) is 0 Å². The SMILES string of the molecule is Cl.NC1(Cc2ccc3ccccc3c2)CC1c1ccc(NC(=O)c2ccc3ccccc3c2)cc1. The number of halogens is 1. The van der Waals surface area contributed by atoms with Gasteiger partial charge in [0.1, 0.15) is 0 Å². The summed E-state index contributed by atoms with van der Waals surface area (Å²) in [4.78, 5) is 12.8. The second kappa shape index (κ2) is 9.18. The van der Waals surface area contributed by atoms with Crippen LogP contribution < -0.4 is 11.1 Å². The minimum atomic E-state index is -0.210. The molecule has 0 aromatic heterocycles. The highest BCUT2D eigenvalue weighted by Crippen LogP contribution is 2.51. The molecule has 35 heavy (non-hydrogen) atoms. The zero-order valence-electron chi connectivity index (χ0n) is 19.3. The molecule has 2 unspecified atom stereocenters. The van der Waals surface area contributed by atoms with Crippen molar-refractivity contribution < 1.29 is 4.79 Å². The number of carbonyl (C=O) groups excluding carboxylic acids is 1. The highest BCUT2D eigenvalue weighted by molar-refractivity contribution is 6.06. The Hall–Kier alpha value is -3.66. The van der Waals surface area contributed by atoms with Crippen molar-refractivity contribution in [2.24, 2.45) is 5.73 Å². The highest BCUT2D eigenvalue weighted by atomic mass is 35.5. The molecule has 0 aliphatic heterocycles. The summed E-state index contributed by atoms with van der Waals surface area (Å²) in [6.45, 7) is 0. The number of anilines is 1. The summed E-state index contributed by atoms with van der Waals surface area (Å²) in [6.07, 6.45) is 1.84. The molecule has 3 N–H and O–H groups in total. The summed E-state index contributed by atoms with van der Waals surface area (Å²) in [5, 5.41) is 7.72. The first-order chi connectivity index (χ1) is 16.6. The summed E-state index contributed by atoms with van der Waals surface area (Å²) in [5.41, 5.74) is 10.5. The van der Waals surface area contributed by atoms with Gasteiger partial charge in [-0.1, -0.05) is 84.9 Å². The molecule has 1 aliphatic rings. The standard InChI is InChI=1S/C31H26N2O.ClH/c32-31(19-21-9-10-22-5-1-3-7-25(22)17-21)20-29(31)24-13-15-28(16-14-24)33-30(34)27-12-11-23-6-2-4-8-26(23)18-27;/h1-18,29H,19-20,32H2,(H,33,34);1H. The van der Waals surface area contributed by atoms with Crippen LogP contribution in [0, 0.1) is 0 Å². The fourth-order valence-electron chi connectivity index (χ4n) is 5.03. The minimum Gasteiger partial charge on any atom is -0.324 e. The summed E-state index contributed by atoms with van der Waals surface area (Å²) >= 11 is 0. The van der Waals surface area contributed by atoms with Crippen LogP contribution in [0.3, 0.4) is 0 Å². The van der Waals surface area contributed by atoms with Gasteiger partial charge in [0.15, 0.2) is 0 Å². The number of hydrogen-bond acceptors (Lipinski definition) is 2. The third-order valence-corrected chi connectivity index (χ3v) is 7.05. The number of nitrogens with two attached hydrogens (primary N) is 1. The number of nitrogens with one attached hydrogen (secondary N) is 1. The number of rotatable bonds is 5. The van der Waals surface area contributed by atoms with Gasteiger partial charge in [0.25, 0.3) is 5.91 Å². The zero-order chi connectivity index (χ0) is 23.1. The Bertz CT molecular complexity index is 1530. The van der Waals surface area contributed by atoms with Crippen molar-refractivity contribution in [3.63, 3.8) is 0 Å². The third-order valence-electron chi connectivity index (χ3n) is 7.05. The fourth-order valence-corrected chi connectivity index (χ4v) is 5.03. The predicted molar refractivity (Wildman–Crippen MR) is 148 cm³/mol. The van der Waals surface area contributed by atoms with Gasteiger partial charge in [0, 0.05) is 22.7 Å². The zero-order valence-corrected chi connectivity index (χ0v) is 20.1. The molecule has 1 amide bonds. The van der Waals surface area contributed by atoms with Crippen molar-refractivity contribution in [3.8, 4) is 0 Å². The molecule has 2 atom stereocenters. The number of fused-ring (bicyclic) bond motifs is 2. The number of hydrogen-bond donors (Lipinski definition) is 2. The Morgan fingerprint density at radius 2 is 1.37 bits per heavy atom. The van der Waals surface area contributed by atoms with E-state index in [4.69, 9.17) is 5.73 Å². The van der Waals surface area contributed by atoms with Crippen molar-refractivity contribution in [2.45, 2.75) is 24.3 Å². The van der Waals surface area contributed by atoms with Crippen molar-refractivity contribution in [1.82, 2.24) is 0 Å². The molecule has 0 heterocycles. The largest absolute Gasteiger partial charge is 0.324 e. The van der Waals surface area contributed by atoms with E-state index < -0.39 is 0 Å². The van der Waals surface area contributed by atoms with E-state index in [1.54, 1.807) is 0 Å². The monoisotopic (exact) mass is 478 g/mol. The number of benzene rings is 5. The first-order valence-electron chi connectivity index (χ1n) is 11.7. The van der Waals surface area contributed by atoms with Crippen LogP contribution in [0.1, 0.15) is 33.8 Å². The van der Waals surface area contributed by atoms with E-state index >= 15 is 0 Å². The van der Waals surface area contributed by atoms with Gasteiger partial charge in [-0.25, -0.2) is 0 Å². The second-order valence-electron chi connectivity index (χ2n) is 9.49. The van der Waals surface area contributed by atoms with E-state index in [2.05, 4.69) is 59.9 Å². The molecule has 5 aromatic carbocycles. The molecular formula is C31H27ClN2O. The van der Waals surface area contributed by atoms with Gasteiger partial charge < -0.3 is 11.1 Å². The minimum absolute atomic E-state index is 0. The van der Waals surface area contributed by atoms with Gasteiger partial charge in [-0.3, -0.25) is 4.79 Å². The first kappa shape index (κ1) is 23.1. The van der Waals surface area contributed by atoms with Crippen molar-refractivity contribution in [3.05, 3.63) is 126 Å². The molecule has 0 radical (unpaired) electrons. The Balaban J connectivity index is 0.00000253. The van der Waals surface area contributed by atoms with Crippen LogP contribution in [-0.2, 0) is 6.42 Å². The van der Waals surface area contributed by atoms with E-state index in [9.17, 15) is 4.79 Å². The van der Waals surface area contributed by atoms with Crippen molar-refractivity contribution >= 4 is 45.5 Å². The predicted octanol–water partition coefficient (Wildman–Crippen LogP) is 7.09. The van der Waals surface area contributed by atoms with Crippen LogP contribution in [0.15, 0.2) is 109 Å². The second-order valence-corrected chi connectivity index (χ2v) is 9.49. The smallest absolute Gasteiger partial charge is 0.255 e. The molecule has 1 aliphatic carbocycles. The molecule has 3 nitrogen and oxygen atoms in total. The Kier molecular flexibility index (Phi) is 6.06. The highest BCUT2D eigenvalue weighted by Gasteiger charge is 2.51. The van der Waals surface area contributed by atoms with E-state index in [1.807, 2.05) is 54.6 Å². The summed E-state index contributed by atoms with van der Waals surface area (Å²) < 4.78 is 0. The molecule has 6 rings (SSSR count). The lowest BCUT2D eigenvalue weighted by Crippen LogP contribution is -2.27. The van der Waals surface area contributed by atoms with E-state index in [-0.39, 0.29) is 23.9 Å². The van der Waals surface area contributed by atoms with Crippen LogP contribution in [0.2, 0.25) is 0 Å². The number of carbonyl (C=O) groups is 1. The lowest BCUT2D eigenvalue weighted by atomic mass is 9.97. The van der Waals surface area contributed by atoms with Crippen LogP contribution in [0.4, 0.5) is 5.69 Å². The van der Waals surface area contributed by atoms with Gasteiger partial charge in [-0.15, -0.1) is 12.4 Å². The summed E-state index contributed by atoms with van der Waals surface area (Å²) in [6, 6.07) is 37.0. The maximum absolute atomic E-state index is 12.8. The van der Waals surface area contributed by atoms with E-state index in [0.29, 0.717) is 11.5 Å². The first-order valence-corrected chi connectivity index (χ1v) is 11.7. The third kappa shape index (κ3) is 4.66.